The van der Waals surface area contributed by atoms with Crippen LogP contribution in [-0.2, 0) is 16.1 Å². The number of rotatable bonds is 5. The van der Waals surface area contributed by atoms with Gasteiger partial charge in [0.2, 0.25) is 5.91 Å². The number of amides is 1. The summed E-state index contributed by atoms with van der Waals surface area (Å²) in [6, 6.07) is 9.59. The molecule has 3 rings (SSSR count). The van der Waals surface area contributed by atoms with Crippen LogP contribution >= 0.6 is 11.6 Å². The van der Waals surface area contributed by atoms with Crippen LogP contribution in [0.5, 0.6) is 0 Å². The second-order valence-electron chi connectivity index (χ2n) is 5.81. The second-order valence-corrected chi connectivity index (χ2v) is 6.21. The van der Waals surface area contributed by atoms with Gasteiger partial charge < -0.3 is 10.1 Å². The monoisotopic (exact) mass is 357 g/mol. The highest BCUT2D eigenvalue weighted by molar-refractivity contribution is 6.32. The molecule has 0 spiro atoms. The largest absolute Gasteiger partial charge is 0.379 e. The minimum Gasteiger partial charge on any atom is -0.379 e. The van der Waals surface area contributed by atoms with Gasteiger partial charge in [0.15, 0.2) is 0 Å². The molecular weight excluding hydrogens is 338 g/mol. The van der Waals surface area contributed by atoms with Crippen molar-refractivity contribution in [2.45, 2.75) is 6.54 Å². The maximum Gasteiger partial charge on any atom is 0.248 e. The Morgan fingerprint density at radius 2 is 2.00 bits per heavy atom. The summed E-state index contributed by atoms with van der Waals surface area (Å²) < 4.78 is 5.35. The Labute approximate surface area is 152 Å². The van der Waals surface area contributed by atoms with Gasteiger partial charge >= 0.3 is 0 Å². The molecule has 1 fully saturated rings. The van der Waals surface area contributed by atoms with E-state index < -0.39 is 0 Å². The topological polar surface area (TPSA) is 54.5 Å². The first kappa shape index (κ1) is 17.6. The SMILES string of the molecule is O=C(C=Cc1cnccc1Cl)Nc1ccc(CN2CCOCC2)cc1. The van der Waals surface area contributed by atoms with Gasteiger partial charge in [0.05, 0.1) is 18.2 Å². The molecule has 1 amide bonds. The van der Waals surface area contributed by atoms with Crippen LogP contribution in [0.25, 0.3) is 6.08 Å². The van der Waals surface area contributed by atoms with E-state index in [-0.39, 0.29) is 5.91 Å². The average Bonchev–Trinajstić information content (AvgIpc) is 2.64. The van der Waals surface area contributed by atoms with E-state index in [1.807, 2.05) is 24.3 Å². The molecule has 1 aromatic heterocycles. The van der Waals surface area contributed by atoms with Gasteiger partial charge in [-0.3, -0.25) is 14.7 Å². The van der Waals surface area contributed by atoms with E-state index in [9.17, 15) is 4.79 Å². The number of hydrogen-bond donors (Lipinski definition) is 1. The highest BCUT2D eigenvalue weighted by Gasteiger charge is 2.10. The molecule has 25 heavy (non-hydrogen) atoms. The lowest BCUT2D eigenvalue weighted by molar-refractivity contribution is -0.111. The normalized spacial score (nSPS) is 15.4. The van der Waals surface area contributed by atoms with Crippen molar-refractivity contribution in [3.8, 4) is 0 Å². The van der Waals surface area contributed by atoms with Crippen LogP contribution in [0.15, 0.2) is 48.8 Å². The molecule has 2 aromatic rings. The van der Waals surface area contributed by atoms with Crippen molar-refractivity contribution in [1.29, 1.82) is 0 Å². The molecule has 1 aliphatic rings. The number of nitrogens with one attached hydrogen (secondary N) is 1. The summed E-state index contributed by atoms with van der Waals surface area (Å²) in [5.41, 5.74) is 2.69. The molecule has 0 radical (unpaired) electrons. The van der Waals surface area contributed by atoms with Gasteiger partial charge in [-0.15, -0.1) is 0 Å². The number of aromatic nitrogens is 1. The van der Waals surface area contributed by atoms with Crippen LogP contribution in [0.1, 0.15) is 11.1 Å². The van der Waals surface area contributed by atoms with E-state index in [2.05, 4.69) is 15.2 Å². The number of pyridine rings is 1. The number of carbonyl (C=O) groups excluding carboxylic acids is 1. The van der Waals surface area contributed by atoms with Crippen molar-refractivity contribution < 1.29 is 9.53 Å². The van der Waals surface area contributed by atoms with E-state index in [4.69, 9.17) is 16.3 Å². The van der Waals surface area contributed by atoms with E-state index >= 15 is 0 Å². The van der Waals surface area contributed by atoms with Crippen LogP contribution in [0, 0.1) is 0 Å². The van der Waals surface area contributed by atoms with Gasteiger partial charge in [-0.1, -0.05) is 23.7 Å². The molecule has 1 aromatic carbocycles. The number of carbonyl (C=O) groups is 1. The van der Waals surface area contributed by atoms with Crippen LogP contribution in [0.3, 0.4) is 0 Å². The maximum atomic E-state index is 12.0. The van der Waals surface area contributed by atoms with Crippen LogP contribution in [0.4, 0.5) is 5.69 Å². The average molecular weight is 358 g/mol. The van der Waals surface area contributed by atoms with E-state index in [1.54, 1.807) is 24.5 Å². The number of morpholine rings is 1. The minimum atomic E-state index is -0.208. The van der Waals surface area contributed by atoms with E-state index in [0.717, 1.165) is 38.5 Å². The molecule has 1 saturated heterocycles. The zero-order valence-corrected chi connectivity index (χ0v) is 14.6. The molecule has 5 nitrogen and oxygen atoms in total. The molecule has 0 atom stereocenters. The standard InChI is InChI=1S/C19H20ClN3O2/c20-18-7-8-21-13-16(18)3-6-19(24)22-17-4-1-15(2-5-17)14-23-9-11-25-12-10-23/h1-8,13H,9-12,14H2,(H,22,24). The molecule has 0 saturated carbocycles. The first-order valence-electron chi connectivity index (χ1n) is 8.18. The third kappa shape index (κ3) is 5.39. The highest BCUT2D eigenvalue weighted by Crippen LogP contribution is 2.16. The van der Waals surface area contributed by atoms with Crippen molar-refractivity contribution in [1.82, 2.24) is 9.88 Å². The molecule has 1 aliphatic heterocycles. The predicted octanol–water partition coefficient (Wildman–Crippen LogP) is 3.22. The van der Waals surface area contributed by atoms with Crippen LogP contribution in [0.2, 0.25) is 5.02 Å². The Bertz CT molecular complexity index is 741. The minimum absolute atomic E-state index is 0.208. The van der Waals surface area contributed by atoms with E-state index in [0.29, 0.717) is 10.6 Å². The molecule has 0 unspecified atom stereocenters. The van der Waals surface area contributed by atoms with Gasteiger partial charge in [0.25, 0.3) is 0 Å². The molecule has 1 N–H and O–H groups in total. The van der Waals surface area contributed by atoms with Gasteiger partial charge in [-0.2, -0.15) is 0 Å². The Hall–Kier alpha value is -2.21. The fraction of sp³-hybridized carbons (Fsp3) is 0.263. The second kappa shape index (κ2) is 8.76. The first-order valence-corrected chi connectivity index (χ1v) is 8.56. The third-order valence-corrected chi connectivity index (χ3v) is 4.29. The van der Waals surface area contributed by atoms with Gasteiger partial charge in [0, 0.05) is 49.4 Å². The fourth-order valence-electron chi connectivity index (χ4n) is 2.57. The molecule has 0 aliphatic carbocycles. The fourth-order valence-corrected chi connectivity index (χ4v) is 2.74. The quantitative estimate of drug-likeness (QED) is 0.835. The number of benzene rings is 1. The van der Waals surface area contributed by atoms with Crippen molar-refractivity contribution in [2.24, 2.45) is 0 Å². The van der Waals surface area contributed by atoms with Crippen molar-refractivity contribution in [3.05, 3.63) is 65.0 Å². The third-order valence-electron chi connectivity index (χ3n) is 3.94. The lowest BCUT2D eigenvalue weighted by atomic mass is 10.2. The number of ether oxygens (including phenoxy) is 1. The molecule has 130 valence electrons. The van der Waals surface area contributed by atoms with Crippen LogP contribution < -0.4 is 5.32 Å². The van der Waals surface area contributed by atoms with Gasteiger partial charge in [-0.25, -0.2) is 0 Å². The lowest BCUT2D eigenvalue weighted by Gasteiger charge is -2.26. The molecular formula is C19H20ClN3O2. The lowest BCUT2D eigenvalue weighted by Crippen LogP contribution is -2.35. The smallest absolute Gasteiger partial charge is 0.248 e. The van der Waals surface area contributed by atoms with Gasteiger partial charge in [0.1, 0.15) is 0 Å². The summed E-state index contributed by atoms with van der Waals surface area (Å²) in [4.78, 5) is 18.4. The van der Waals surface area contributed by atoms with Crippen molar-refractivity contribution in [2.75, 3.05) is 31.6 Å². The number of nitrogens with zero attached hydrogens (tertiary/aromatic N) is 2. The summed E-state index contributed by atoms with van der Waals surface area (Å²) in [7, 11) is 0. The summed E-state index contributed by atoms with van der Waals surface area (Å²) >= 11 is 6.03. The Morgan fingerprint density at radius 3 is 2.72 bits per heavy atom. The maximum absolute atomic E-state index is 12.0. The number of hydrogen-bond acceptors (Lipinski definition) is 4. The molecule has 2 heterocycles. The summed E-state index contributed by atoms with van der Waals surface area (Å²) in [6.45, 7) is 4.40. The van der Waals surface area contributed by atoms with Crippen molar-refractivity contribution >= 4 is 29.3 Å². The Kier molecular flexibility index (Phi) is 6.17. The molecule has 0 bridgehead atoms. The highest BCUT2D eigenvalue weighted by atomic mass is 35.5. The molecule has 6 heteroatoms. The first-order chi connectivity index (χ1) is 12.2. The Balaban J connectivity index is 1.54. The zero-order chi connectivity index (χ0) is 17.5. The number of halogens is 1. The number of anilines is 1. The van der Waals surface area contributed by atoms with Crippen molar-refractivity contribution in [3.63, 3.8) is 0 Å². The summed E-state index contributed by atoms with van der Waals surface area (Å²) in [6.07, 6.45) is 6.33. The predicted molar refractivity (Wildman–Crippen MR) is 99.4 cm³/mol. The summed E-state index contributed by atoms with van der Waals surface area (Å²) in [5, 5.41) is 3.40. The van der Waals surface area contributed by atoms with Crippen LogP contribution in [-0.4, -0.2) is 42.1 Å². The van der Waals surface area contributed by atoms with Gasteiger partial charge in [-0.05, 0) is 29.8 Å². The summed E-state index contributed by atoms with van der Waals surface area (Å²) in [5.74, 6) is -0.208. The van der Waals surface area contributed by atoms with E-state index in [1.165, 1.54) is 11.6 Å². The zero-order valence-electron chi connectivity index (χ0n) is 13.8. The Morgan fingerprint density at radius 1 is 1.24 bits per heavy atom.